The van der Waals surface area contributed by atoms with Gasteiger partial charge in [0.1, 0.15) is 12.2 Å². The molecule has 0 radical (unpaired) electrons. The Morgan fingerprint density at radius 2 is 0.697 bits per heavy atom. The monoisotopic (exact) mass is 522 g/mol. The molecule has 1 nitrogen and oxygen atoms in total. The average Bonchev–Trinajstić information content (AvgIpc) is 2.61. The Morgan fingerprint density at radius 1 is 0.455 bits per heavy atom. The van der Waals surface area contributed by atoms with E-state index in [1.54, 1.807) is 0 Å². The predicted molar refractivity (Wildman–Crippen MR) is 88.8 cm³/mol. The Balaban J connectivity index is 6.71. The third kappa shape index (κ3) is 7.00. The van der Waals surface area contributed by atoms with Crippen LogP contribution >= 0.6 is 0 Å². The van der Waals surface area contributed by atoms with E-state index >= 15 is 0 Å². The number of rotatable bonds is 12. The van der Waals surface area contributed by atoms with E-state index < -0.39 is 73.9 Å². The summed E-state index contributed by atoms with van der Waals surface area (Å²) in [7, 11) is 0. The van der Waals surface area contributed by atoms with Crippen molar-refractivity contribution >= 4 is 0 Å². The Morgan fingerprint density at radius 3 is 0.879 bits per heavy atom. The number of ether oxygens (including phenoxy) is 1. The fourth-order valence-electron chi connectivity index (χ4n) is 3.13. The topological polar surface area (TPSA) is 9.23 Å². The molecule has 2 unspecified atom stereocenters. The van der Waals surface area contributed by atoms with E-state index in [0.29, 0.717) is 0 Å². The number of halogens is 14. The second-order valence-electron chi connectivity index (χ2n) is 7.52. The molecule has 0 aliphatic rings. The van der Waals surface area contributed by atoms with Gasteiger partial charge in [-0.1, -0.05) is 52.4 Å². The lowest BCUT2D eigenvalue weighted by Crippen LogP contribution is -2.66. The quantitative estimate of drug-likeness (QED) is 0.184. The predicted octanol–water partition coefficient (Wildman–Crippen LogP) is 8.57. The van der Waals surface area contributed by atoms with Crippen molar-refractivity contribution in [3.05, 3.63) is 0 Å². The fraction of sp³-hybridized carbons (Fsp3) is 1.00. The van der Waals surface area contributed by atoms with Crippen LogP contribution in [0.5, 0.6) is 0 Å². The van der Waals surface area contributed by atoms with Crippen molar-refractivity contribution in [2.24, 2.45) is 0 Å². The molecule has 33 heavy (non-hydrogen) atoms. The van der Waals surface area contributed by atoms with Gasteiger partial charge >= 0.3 is 36.0 Å². The first-order chi connectivity index (χ1) is 14.6. The molecule has 0 saturated heterocycles. The SMILES string of the molecule is CCCCCC(OC(CCCCC)C(F)(C(F)(F)F)C(F)(F)F)C(F)(C(F)(F)F)C(F)(F)F. The lowest BCUT2D eigenvalue weighted by molar-refractivity contribution is -0.398. The summed E-state index contributed by atoms with van der Waals surface area (Å²) in [6, 6.07) is 0. The Hall–Kier alpha value is -1.02. The third-order valence-corrected chi connectivity index (χ3v) is 5.01. The zero-order valence-corrected chi connectivity index (χ0v) is 17.5. The van der Waals surface area contributed by atoms with Crippen LogP contribution in [0.15, 0.2) is 0 Å². The molecular weight excluding hydrogens is 498 g/mol. The average molecular weight is 522 g/mol. The summed E-state index contributed by atoms with van der Waals surface area (Å²) in [6.07, 6.45) is -39.6. The highest BCUT2D eigenvalue weighted by atomic mass is 19.4. The molecule has 0 fully saturated rings. The molecule has 0 aliphatic heterocycles. The second-order valence-corrected chi connectivity index (χ2v) is 7.52. The van der Waals surface area contributed by atoms with Crippen LogP contribution in [0.1, 0.15) is 65.2 Å². The van der Waals surface area contributed by atoms with E-state index in [4.69, 9.17) is 0 Å². The summed E-state index contributed by atoms with van der Waals surface area (Å²) in [5, 5.41) is 0. The molecule has 0 N–H and O–H groups in total. The minimum Gasteiger partial charge on any atom is -0.367 e. The Labute approximate surface area is 180 Å². The minimum absolute atomic E-state index is 0.141. The molecular formula is C18H24F14O. The van der Waals surface area contributed by atoms with Gasteiger partial charge in [-0.3, -0.25) is 0 Å². The van der Waals surface area contributed by atoms with Crippen LogP contribution in [0, 0.1) is 0 Å². The zero-order valence-electron chi connectivity index (χ0n) is 17.5. The first-order valence-electron chi connectivity index (χ1n) is 9.93. The molecule has 0 aliphatic carbocycles. The minimum atomic E-state index is -6.83. The van der Waals surface area contributed by atoms with E-state index in [9.17, 15) is 61.5 Å². The van der Waals surface area contributed by atoms with Crippen LogP contribution in [-0.4, -0.2) is 48.3 Å². The third-order valence-electron chi connectivity index (χ3n) is 5.01. The zero-order chi connectivity index (χ0) is 26.5. The van der Waals surface area contributed by atoms with Crippen molar-refractivity contribution in [2.45, 2.75) is 113 Å². The van der Waals surface area contributed by atoms with Crippen molar-refractivity contribution < 1.29 is 66.2 Å². The van der Waals surface area contributed by atoms with Crippen LogP contribution in [0.2, 0.25) is 0 Å². The fourth-order valence-corrected chi connectivity index (χ4v) is 3.13. The maximum Gasteiger partial charge on any atom is 0.434 e. The first-order valence-corrected chi connectivity index (χ1v) is 9.93. The Kier molecular flexibility index (Phi) is 10.8. The summed E-state index contributed by atoms with van der Waals surface area (Å²) in [5.41, 5.74) is -12.7. The number of hydrogen-bond acceptors (Lipinski definition) is 1. The molecule has 0 aromatic rings. The molecule has 0 rings (SSSR count). The molecule has 0 spiro atoms. The van der Waals surface area contributed by atoms with Gasteiger partial charge in [0.25, 0.3) is 0 Å². The molecule has 0 aromatic heterocycles. The summed E-state index contributed by atoms with van der Waals surface area (Å²) in [6.45, 7) is 2.83. The summed E-state index contributed by atoms with van der Waals surface area (Å²) >= 11 is 0. The highest BCUT2D eigenvalue weighted by Crippen LogP contribution is 2.54. The van der Waals surface area contributed by atoms with Crippen LogP contribution in [0.25, 0.3) is 0 Å². The lowest BCUT2D eigenvalue weighted by atomic mass is 9.89. The molecule has 0 saturated carbocycles. The number of alkyl halides is 14. The van der Waals surface area contributed by atoms with E-state index in [2.05, 4.69) is 4.74 Å². The van der Waals surface area contributed by atoms with E-state index in [0.717, 1.165) is 0 Å². The standard InChI is InChI=1S/C18H24F14O/c1-3-5-7-9-11(13(19,15(21,22)23)16(24,25)26)33-12(10-8-6-4-2)14(20,17(27,28)29)18(30,31)32/h11-12H,3-10H2,1-2H3. The molecule has 15 heteroatoms. The van der Waals surface area contributed by atoms with Gasteiger partial charge in [-0.25, -0.2) is 8.78 Å². The highest BCUT2D eigenvalue weighted by molar-refractivity contribution is 5.05. The smallest absolute Gasteiger partial charge is 0.367 e. The summed E-state index contributed by atoms with van der Waals surface area (Å²) < 4.78 is 191. The van der Waals surface area contributed by atoms with Crippen LogP contribution < -0.4 is 0 Å². The van der Waals surface area contributed by atoms with E-state index in [1.807, 2.05) is 0 Å². The molecule has 200 valence electrons. The molecule has 0 aromatic carbocycles. The molecule has 2 atom stereocenters. The van der Waals surface area contributed by atoms with E-state index in [-0.39, 0.29) is 25.7 Å². The maximum atomic E-state index is 14.6. The van der Waals surface area contributed by atoms with Gasteiger partial charge in [0.15, 0.2) is 0 Å². The summed E-state index contributed by atoms with van der Waals surface area (Å²) in [5.74, 6) is 0. The van der Waals surface area contributed by atoms with Crippen LogP contribution in [0.4, 0.5) is 61.5 Å². The van der Waals surface area contributed by atoms with Gasteiger partial charge in [0, 0.05) is 0 Å². The summed E-state index contributed by atoms with van der Waals surface area (Å²) in [4.78, 5) is 0. The van der Waals surface area contributed by atoms with E-state index in [1.165, 1.54) is 13.8 Å². The molecule has 0 bridgehead atoms. The Bertz CT molecular complexity index is 497. The highest BCUT2D eigenvalue weighted by Gasteiger charge is 2.80. The van der Waals surface area contributed by atoms with Crippen LogP contribution in [-0.2, 0) is 4.74 Å². The largest absolute Gasteiger partial charge is 0.434 e. The normalized spacial score (nSPS) is 16.7. The van der Waals surface area contributed by atoms with Crippen LogP contribution in [0.3, 0.4) is 0 Å². The van der Waals surface area contributed by atoms with Gasteiger partial charge < -0.3 is 4.74 Å². The van der Waals surface area contributed by atoms with Gasteiger partial charge in [-0.05, 0) is 12.8 Å². The number of hydrogen-bond donors (Lipinski definition) is 0. The number of unbranched alkanes of at least 4 members (excludes halogenated alkanes) is 4. The van der Waals surface area contributed by atoms with Crippen molar-refractivity contribution in [3.8, 4) is 0 Å². The van der Waals surface area contributed by atoms with Gasteiger partial charge in [-0.15, -0.1) is 0 Å². The van der Waals surface area contributed by atoms with Crippen molar-refractivity contribution in [3.63, 3.8) is 0 Å². The van der Waals surface area contributed by atoms with Gasteiger partial charge in [-0.2, -0.15) is 52.7 Å². The van der Waals surface area contributed by atoms with Crippen molar-refractivity contribution in [2.75, 3.05) is 0 Å². The maximum absolute atomic E-state index is 14.6. The van der Waals surface area contributed by atoms with Gasteiger partial charge in [0.2, 0.25) is 0 Å². The lowest BCUT2D eigenvalue weighted by Gasteiger charge is -2.42. The van der Waals surface area contributed by atoms with Crippen molar-refractivity contribution in [1.82, 2.24) is 0 Å². The first kappa shape index (κ1) is 32.0. The molecule has 0 amide bonds. The van der Waals surface area contributed by atoms with Crippen molar-refractivity contribution in [1.29, 1.82) is 0 Å². The van der Waals surface area contributed by atoms with Gasteiger partial charge in [0.05, 0.1) is 0 Å². The second kappa shape index (κ2) is 11.1. The molecule has 0 heterocycles.